The fourth-order valence-electron chi connectivity index (χ4n) is 10.1. The molecule has 0 aliphatic heterocycles. The molecule has 0 aliphatic rings. The van der Waals surface area contributed by atoms with Crippen molar-refractivity contribution in [1.82, 2.24) is 4.57 Å². The number of furan rings is 1. The van der Waals surface area contributed by atoms with Crippen molar-refractivity contribution < 1.29 is 4.42 Å². The van der Waals surface area contributed by atoms with Crippen LogP contribution in [0, 0.1) is 0 Å². The van der Waals surface area contributed by atoms with Gasteiger partial charge < -0.3 is 13.9 Å². The molecule has 314 valence electrons. The Morgan fingerprint density at radius 2 is 0.806 bits per heavy atom. The van der Waals surface area contributed by atoms with Crippen LogP contribution in [0.5, 0.6) is 0 Å². The number of aromatic nitrogens is 1. The Labute approximate surface area is 388 Å². The van der Waals surface area contributed by atoms with E-state index >= 15 is 0 Å². The summed E-state index contributed by atoms with van der Waals surface area (Å²) < 4.78 is 8.69. The topological polar surface area (TPSA) is 21.3 Å². The third kappa shape index (κ3) is 6.76. The second-order valence-corrected chi connectivity index (χ2v) is 17.3. The maximum atomic E-state index is 6.31. The van der Waals surface area contributed by atoms with Crippen LogP contribution in [0.25, 0.3) is 105 Å². The zero-order chi connectivity index (χ0) is 44.3. The third-order valence-electron chi connectivity index (χ3n) is 13.4. The van der Waals surface area contributed by atoms with E-state index in [9.17, 15) is 0 Å². The van der Waals surface area contributed by atoms with E-state index in [1.165, 1.54) is 60.4 Å². The Balaban J connectivity index is 0.850. The maximum Gasteiger partial charge on any atom is 0.136 e. The minimum absolute atomic E-state index is 0.891. The fourth-order valence-corrected chi connectivity index (χ4v) is 10.1. The lowest BCUT2D eigenvalue weighted by Crippen LogP contribution is -2.10. The molecular formula is C64H42N2O. The van der Waals surface area contributed by atoms with E-state index in [4.69, 9.17) is 4.42 Å². The minimum Gasteiger partial charge on any atom is -0.456 e. The SMILES string of the molecule is c1cc(-c2cccc3oc4ccccc4c23)cc(N(c2ccc(-c3ccc(-c4cccc(-n5c6ccccc6c6ccccc65)c4)cc3)cc2)c2ccc(-c3ccc4ccccc4c3)cc2)c1. The highest BCUT2D eigenvalue weighted by Gasteiger charge is 2.18. The highest BCUT2D eigenvalue weighted by Crippen LogP contribution is 2.42. The maximum absolute atomic E-state index is 6.31. The van der Waals surface area contributed by atoms with Gasteiger partial charge in [0.25, 0.3) is 0 Å². The third-order valence-corrected chi connectivity index (χ3v) is 13.4. The van der Waals surface area contributed by atoms with E-state index in [1.54, 1.807) is 0 Å². The molecule has 13 rings (SSSR count). The Morgan fingerprint density at radius 3 is 1.51 bits per heavy atom. The molecule has 67 heavy (non-hydrogen) atoms. The van der Waals surface area contributed by atoms with Crippen LogP contribution in [0.15, 0.2) is 259 Å². The van der Waals surface area contributed by atoms with E-state index in [0.717, 1.165) is 61.4 Å². The van der Waals surface area contributed by atoms with Crippen LogP contribution in [-0.2, 0) is 0 Å². The number of hydrogen-bond acceptors (Lipinski definition) is 2. The van der Waals surface area contributed by atoms with Gasteiger partial charge in [0.05, 0.1) is 11.0 Å². The molecule has 2 aromatic heterocycles. The number of hydrogen-bond donors (Lipinski definition) is 0. The molecule has 0 amide bonds. The average molecular weight is 855 g/mol. The van der Waals surface area contributed by atoms with Gasteiger partial charge in [0, 0.05) is 44.3 Å². The summed E-state index contributed by atoms with van der Waals surface area (Å²) in [5, 5.41) is 7.27. The summed E-state index contributed by atoms with van der Waals surface area (Å²) in [5.41, 5.74) is 17.9. The summed E-state index contributed by atoms with van der Waals surface area (Å²) >= 11 is 0. The van der Waals surface area contributed by atoms with E-state index in [-0.39, 0.29) is 0 Å². The summed E-state index contributed by atoms with van der Waals surface area (Å²) in [4.78, 5) is 2.36. The van der Waals surface area contributed by atoms with Crippen molar-refractivity contribution in [3.8, 4) is 50.2 Å². The number of nitrogens with zero attached hydrogens (tertiary/aromatic N) is 2. The summed E-state index contributed by atoms with van der Waals surface area (Å²) in [6.45, 7) is 0. The van der Waals surface area contributed by atoms with Crippen molar-refractivity contribution in [3.63, 3.8) is 0 Å². The minimum atomic E-state index is 0.891. The van der Waals surface area contributed by atoms with Gasteiger partial charge in [0.1, 0.15) is 11.2 Å². The van der Waals surface area contributed by atoms with Crippen molar-refractivity contribution in [2.45, 2.75) is 0 Å². The number of fused-ring (bicyclic) bond motifs is 7. The molecule has 0 unspecified atom stereocenters. The van der Waals surface area contributed by atoms with Gasteiger partial charge in [0.2, 0.25) is 0 Å². The molecule has 3 nitrogen and oxygen atoms in total. The summed E-state index contributed by atoms with van der Waals surface area (Å²) in [7, 11) is 0. The number of para-hydroxylation sites is 3. The highest BCUT2D eigenvalue weighted by atomic mass is 16.3. The first-order chi connectivity index (χ1) is 33.2. The first kappa shape index (κ1) is 38.5. The molecule has 0 radical (unpaired) electrons. The van der Waals surface area contributed by atoms with Crippen LogP contribution in [-0.4, -0.2) is 4.57 Å². The molecular weight excluding hydrogens is 813 g/mol. The Morgan fingerprint density at radius 1 is 0.299 bits per heavy atom. The average Bonchev–Trinajstić information content (AvgIpc) is 3.95. The Bertz CT molecular complexity index is 3920. The standard InChI is InChI=1S/C64H42N2O/c1-2-13-48-40-50(31-30-43(48)12-1)47-34-38-53(39-35-47)65(54-16-10-15-51(42-54)56-21-11-25-63-64(56)59-20-5-8-24-62(59)67-63)52-36-32-45(33-37-52)44-26-28-46(29-27-44)49-14-9-17-55(41-49)66-60-22-6-3-18-57(60)58-19-4-7-23-61(58)66/h1-42H. The van der Waals surface area contributed by atoms with Crippen LogP contribution in [0.3, 0.4) is 0 Å². The predicted molar refractivity (Wildman–Crippen MR) is 282 cm³/mol. The van der Waals surface area contributed by atoms with Gasteiger partial charge in [-0.05, 0) is 134 Å². The van der Waals surface area contributed by atoms with E-state index in [2.05, 4.69) is 252 Å². The van der Waals surface area contributed by atoms with Crippen molar-refractivity contribution in [2.75, 3.05) is 4.90 Å². The lowest BCUT2D eigenvalue weighted by atomic mass is 9.98. The van der Waals surface area contributed by atoms with E-state index in [1.807, 2.05) is 12.1 Å². The van der Waals surface area contributed by atoms with E-state index < -0.39 is 0 Å². The molecule has 0 N–H and O–H groups in total. The summed E-state index contributed by atoms with van der Waals surface area (Å²) in [6.07, 6.45) is 0. The van der Waals surface area contributed by atoms with Gasteiger partial charge in [-0.15, -0.1) is 0 Å². The zero-order valence-electron chi connectivity index (χ0n) is 36.6. The Kier molecular flexibility index (Phi) is 9.17. The van der Waals surface area contributed by atoms with Gasteiger partial charge in [-0.2, -0.15) is 0 Å². The lowest BCUT2D eigenvalue weighted by molar-refractivity contribution is 0.669. The van der Waals surface area contributed by atoms with Crippen LogP contribution in [0.4, 0.5) is 17.1 Å². The molecule has 2 heterocycles. The van der Waals surface area contributed by atoms with Crippen LogP contribution in [0.2, 0.25) is 0 Å². The first-order valence-electron chi connectivity index (χ1n) is 22.9. The molecule has 0 spiro atoms. The second-order valence-electron chi connectivity index (χ2n) is 17.3. The largest absolute Gasteiger partial charge is 0.456 e. The second kappa shape index (κ2) is 16.0. The highest BCUT2D eigenvalue weighted by molar-refractivity contribution is 6.13. The fraction of sp³-hybridized carbons (Fsp3) is 0. The predicted octanol–water partition coefficient (Wildman–Crippen LogP) is 18.0. The molecule has 3 heteroatoms. The smallest absolute Gasteiger partial charge is 0.136 e. The number of rotatable bonds is 8. The van der Waals surface area contributed by atoms with Crippen LogP contribution < -0.4 is 4.90 Å². The number of benzene rings is 11. The Hall–Kier alpha value is -8.92. The van der Waals surface area contributed by atoms with Crippen LogP contribution >= 0.6 is 0 Å². The number of anilines is 3. The van der Waals surface area contributed by atoms with Gasteiger partial charge in [-0.25, -0.2) is 0 Å². The summed E-state index contributed by atoms with van der Waals surface area (Å²) in [6, 6.07) is 91.9. The molecule has 11 aromatic carbocycles. The quantitative estimate of drug-likeness (QED) is 0.152. The van der Waals surface area contributed by atoms with Gasteiger partial charge in [-0.3, -0.25) is 0 Å². The van der Waals surface area contributed by atoms with Gasteiger partial charge >= 0.3 is 0 Å². The van der Waals surface area contributed by atoms with Crippen molar-refractivity contribution in [2.24, 2.45) is 0 Å². The van der Waals surface area contributed by atoms with Gasteiger partial charge in [0.15, 0.2) is 0 Å². The first-order valence-corrected chi connectivity index (χ1v) is 22.9. The molecule has 0 atom stereocenters. The van der Waals surface area contributed by atoms with Crippen LogP contribution in [0.1, 0.15) is 0 Å². The lowest BCUT2D eigenvalue weighted by Gasteiger charge is -2.26. The normalized spacial score (nSPS) is 11.6. The van der Waals surface area contributed by atoms with Gasteiger partial charge in [-0.1, -0.05) is 176 Å². The molecule has 0 saturated heterocycles. The van der Waals surface area contributed by atoms with Crippen molar-refractivity contribution in [3.05, 3.63) is 255 Å². The van der Waals surface area contributed by atoms with Crippen molar-refractivity contribution in [1.29, 1.82) is 0 Å². The molecule has 13 aromatic rings. The van der Waals surface area contributed by atoms with E-state index in [0.29, 0.717) is 0 Å². The molecule has 0 bridgehead atoms. The molecule has 0 aliphatic carbocycles. The molecule has 0 fully saturated rings. The molecule has 0 saturated carbocycles. The summed E-state index contributed by atoms with van der Waals surface area (Å²) in [5.74, 6) is 0. The zero-order valence-corrected chi connectivity index (χ0v) is 36.6. The monoisotopic (exact) mass is 854 g/mol. The van der Waals surface area contributed by atoms with Crippen molar-refractivity contribution >= 4 is 71.6 Å².